The van der Waals surface area contributed by atoms with Crippen LogP contribution in [0.3, 0.4) is 0 Å². The maximum absolute atomic E-state index is 11.5. The van der Waals surface area contributed by atoms with Gasteiger partial charge in [-0.05, 0) is 13.0 Å². The summed E-state index contributed by atoms with van der Waals surface area (Å²) >= 11 is 5.89. The van der Waals surface area contributed by atoms with Crippen LogP contribution >= 0.6 is 11.6 Å². The first-order chi connectivity index (χ1) is 8.16. The van der Waals surface area contributed by atoms with E-state index in [1.54, 1.807) is 27.7 Å². The molecule has 0 spiro atoms. The summed E-state index contributed by atoms with van der Waals surface area (Å²) in [6, 6.07) is 5.09. The molecule has 17 heavy (non-hydrogen) atoms. The third kappa shape index (κ3) is 2.94. The number of aryl methyl sites for hydroxylation is 2. The molecule has 6 heteroatoms. The van der Waals surface area contributed by atoms with Gasteiger partial charge in [0, 0.05) is 18.8 Å². The molecule has 0 aromatic carbocycles. The average molecular weight is 253 g/mol. The molecule has 1 unspecified atom stereocenters. The topological polar surface area (TPSA) is 52.7 Å². The molecule has 2 aromatic rings. The summed E-state index contributed by atoms with van der Waals surface area (Å²) in [6.45, 7) is 3.01. The van der Waals surface area contributed by atoms with Gasteiger partial charge in [-0.15, -0.1) is 16.7 Å². The van der Waals surface area contributed by atoms with Crippen LogP contribution in [0, 0.1) is 0 Å². The minimum atomic E-state index is -0.150. The van der Waals surface area contributed by atoms with Crippen LogP contribution in [-0.2, 0) is 13.1 Å². The average Bonchev–Trinajstić information content (AvgIpc) is 2.77. The van der Waals surface area contributed by atoms with Crippen LogP contribution in [0.2, 0.25) is 0 Å². The number of halogens is 1. The zero-order valence-corrected chi connectivity index (χ0v) is 10.2. The Kier molecular flexibility index (Phi) is 3.58. The highest BCUT2D eigenvalue weighted by Gasteiger charge is 2.06. The van der Waals surface area contributed by atoms with Crippen molar-refractivity contribution in [1.29, 1.82) is 0 Å². The van der Waals surface area contributed by atoms with E-state index >= 15 is 0 Å². The van der Waals surface area contributed by atoms with Gasteiger partial charge in [0.25, 0.3) is 5.56 Å². The van der Waals surface area contributed by atoms with Gasteiger partial charge in [0.2, 0.25) is 0 Å². The molecular formula is C11H13ClN4O. The molecule has 0 saturated heterocycles. The highest BCUT2D eigenvalue weighted by atomic mass is 35.5. The number of alkyl halides is 1. The number of rotatable bonds is 4. The normalized spacial score (nSPS) is 12.6. The van der Waals surface area contributed by atoms with Crippen LogP contribution in [-0.4, -0.2) is 19.6 Å². The lowest BCUT2D eigenvalue weighted by atomic mass is 10.4. The van der Waals surface area contributed by atoms with Crippen molar-refractivity contribution < 1.29 is 0 Å². The number of hydrogen-bond acceptors (Lipinski definition) is 3. The van der Waals surface area contributed by atoms with Gasteiger partial charge in [0.1, 0.15) is 5.69 Å². The fourth-order valence-electron chi connectivity index (χ4n) is 1.46. The van der Waals surface area contributed by atoms with E-state index in [-0.39, 0.29) is 10.9 Å². The molecule has 0 amide bonds. The number of aromatic nitrogens is 4. The van der Waals surface area contributed by atoms with Crippen molar-refractivity contribution in [2.75, 3.05) is 0 Å². The molecule has 2 heterocycles. The van der Waals surface area contributed by atoms with Gasteiger partial charge in [0.05, 0.1) is 18.1 Å². The van der Waals surface area contributed by atoms with Gasteiger partial charge in [0.15, 0.2) is 0 Å². The highest BCUT2D eigenvalue weighted by Crippen LogP contribution is 2.15. The summed E-state index contributed by atoms with van der Waals surface area (Å²) in [4.78, 5) is 11.5. The Morgan fingerprint density at radius 1 is 1.41 bits per heavy atom. The van der Waals surface area contributed by atoms with E-state index in [9.17, 15) is 4.79 Å². The number of pyridine rings is 1. The molecule has 0 radical (unpaired) electrons. The molecule has 90 valence electrons. The lowest BCUT2D eigenvalue weighted by Crippen LogP contribution is -2.20. The Morgan fingerprint density at radius 2 is 2.24 bits per heavy atom. The second-order valence-electron chi connectivity index (χ2n) is 3.75. The van der Waals surface area contributed by atoms with Crippen molar-refractivity contribution in [2.24, 2.45) is 0 Å². The van der Waals surface area contributed by atoms with Gasteiger partial charge in [-0.2, -0.15) is 0 Å². The largest absolute Gasteiger partial charge is 0.314 e. The van der Waals surface area contributed by atoms with Crippen molar-refractivity contribution in [1.82, 2.24) is 19.6 Å². The van der Waals surface area contributed by atoms with Crippen molar-refractivity contribution in [3.8, 4) is 0 Å². The maximum atomic E-state index is 11.5. The monoisotopic (exact) mass is 252 g/mol. The van der Waals surface area contributed by atoms with Crippen LogP contribution in [0.1, 0.15) is 18.0 Å². The Hall–Kier alpha value is -1.62. The minimum absolute atomic E-state index is 0.0152. The van der Waals surface area contributed by atoms with Crippen LogP contribution < -0.4 is 5.56 Å². The molecule has 0 N–H and O–H groups in total. The molecule has 2 aromatic heterocycles. The van der Waals surface area contributed by atoms with Gasteiger partial charge >= 0.3 is 0 Å². The molecule has 0 bridgehead atoms. The summed E-state index contributed by atoms with van der Waals surface area (Å²) in [5, 5.41) is 7.74. The van der Waals surface area contributed by atoms with E-state index in [1.165, 1.54) is 6.07 Å². The number of hydrogen-bond donors (Lipinski definition) is 0. The Morgan fingerprint density at radius 3 is 2.88 bits per heavy atom. The van der Waals surface area contributed by atoms with E-state index in [0.29, 0.717) is 13.1 Å². The molecule has 0 aliphatic heterocycles. The summed E-state index contributed by atoms with van der Waals surface area (Å²) in [6.07, 6.45) is 3.55. The van der Waals surface area contributed by atoms with Gasteiger partial charge in [-0.1, -0.05) is 11.3 Å². The number of nitrogens with zero attached hydrogens (tertiary/aromatic N) is 4. The molecule has 2 rings (SSSR count). The lowest BCUT2D eigenvalue weighted by Gasteiger charge is -2.03. The summed E-state index contributed by atoms with van der Waals surface area (Å²) < 4.78 is 3.32. The second kappa shape index (κ2) is 5.14. The van der Waals surface area contributed by atoms with Crippen molar-refractivity contribution in [3.63, 3.8) is 0 Å². The Labute approximate surface area is 104 Å². The van der Waals surface area contributed by atoms with E-state index in [0.717, 1.165) is 5.69 Å². The molecule has 0 saturated carbocycles. The molecular weight excluding hydrogens is 240 g/mol. The van der Waals surface area contributed by atoms with Gasteiger partial charge in [-0.3, -0.25) is 9.48 Å². The van der Waals surface area contributed by atoms with Crippen molar-refractivity contribution in [3.05, 3.63) is 46.6 Å². The third-order valence-electron chi connectivity index (χ3n) is 2.43. The first kappa shape index (κ1) is 11.9. The highest BCUT2D eigenvalue weighted by molar-refractivity contribution is 6.20. The summed E-state index contributed by atoms with van der Waals surface area (Å²) in [5.74, 6) is 0. The standard InChI is InChI=1S/C11H13ClN4O/c1-9(12)10-8-16(14-13-10)7-6-15-5-3-2-4-11(15)17/h2-5,8-9H,6-7H2,1H3. The van der Waals surface area contributed by atoms with E-state index < -0.39 is 0 Å². The Balaban J connectivity index is 2.03. The zero-order chi connectivity index (χ0) is 12.3. The quantitative estimate of drug-likeness (QED) is 0.774. The fourth-order valence-corrected chi connectivity index (χ4v) is 1.56. The minimum Gasteiger partial charge on any atom is -0.314 e. The van der Waals surface area contributed by atoms with E-state index in [1.807, 2.05) is 13.0 Å². The zero-order valence-electron chi connectivity index (χ0n) is 9.45. The van der Waals surface area contributed by atoms with Crippen LogP contribution in [0.25, 0.3) is 0 Å². The van der Waals surface area contributed by atoms with Crippen LogP contribution in [0.4, 0.5) is 0 Å². The smallest absolute Gasteiger partial charge is 0.250 e. The van der Waals surface area contributed by atoms with E-state index in [4.69, 9.17) is 11.6 Å². The van der Waals surface area contributed by atoms with Crippen LogP contribution in [0.15, 0.2) is 35.4 Å². The Bertz CT molecular complexity index is 546. The first-order valence-corrected chi connectivity index (χ1v) is 5.80. The SMILES string of the molecule is CC(Cl)c1cn(CCn2ccccc2=O)nn1. The summed E-state index contributed by atoms with van der Waals surface area (Å²) in [7, 11) is 0. The van der Waals surface area contributed by atoms with E-state index in [2.05, 4.69) is 10.3 Å². The van der Waals surface area contributed by atoms with Gasteiger partial charge in [-0.25, -0.2) is 0 Å². The summed E-state index contributed by atoms with van der Waals surface area (Å²) in [5.41, 5.74) is 0.727. The van der Waals surface area contributed by atoms with Crippen LogP contribution in [0.5, 0.6) is 0 Å². The predicted molar refractivity (Wildman–Crippen MR) is 65.0 cm³/mol. The molecule has 0 aliphatic rings. The molecule has 0 fully saturated rings. The molecule has 0 aliphatic carbocycles. The predicted octanol–water partition coefficient (Wildman–Crippen LogP) is 1.44. The van der Waals surface area contributed by atoms with Gasteiger partial charge < -0.3 is 4.57 Å². The fraction of sp³-hybridized carbons (Fsp3) is 0.364. The molecule has 1 atom stereocenters. The maximum Gasteiger partial charge on any atom is 0.250 e. The lowest BCUT2D eigenvalue weighted by molar-refractivity contribution is 0.511. The third-order valence-corrected chi connectivity index (χ3v) is 2.66. The second-order valence-corrected chi connectivity index (χ2v) is 4.41. The first-order valence-electron chi connectivity index (χ1n) is 5.36. The molecule has 5 nitrogen and oxygen atoms in total. The van der Waals surface area contributed by atoms with Crippen molar-refractivity contribution >= 4 is 11.6 Å². The van der Waals surface area contributed by atoms with Crippen molar-refractivity contribution in [2.45, 2.75) is 25.4 Å².